The smallest absolute Gasteiger partial charge is 0.416 e. The van der Waals surface area contributed by atoms with Crippen LogP contribution in [0.5, 0.6) is 11.5 Å². The molecule has 8 heteroatoms. The first-order chi connectivity index (χ1) is 12.1. The number of rotatable bonds is 4. The summed E-state index contributed by atoms with van der Waals surface area (Å²) in [5, 5.41) is 2.30. The standard InChI is InChI=1S/C18H14ClF4NO2/c1-10(2)7-17(25)24-15-6-4-12(9-14(15)20)26-16-8-11(18(21,22)23)3-5-13(16)19/h3-9H,1-2H3,(H,24,25). The Morgan fingerprint density at radius 2 is 1.85 bits per heavy atom. The Labute approximate surface area is 152 Å². The summed E-state index contributed by atoms with van der Waals surface area (Å²) in [6, 6.07) is 6.07. The highest BCUT2D eigenvalue weighted by Gasteiger charge is 2.31. The molecule has 0 atom stereocenters. The van der Waals surface area contributed by atoms with E-state index in [4.69, 9.17) is 16.3 Å². The van der Waals surface area contributed by atoms with Crippen LogP contribution >= 0.6 is 11.6 Å². The van der Waals surface area contributed by atoms with E-state index < -0.39 is 23.5 Å². The average molecular weight is 388 g/mol. The molecular weight excluding hydrogens is 374 g/mol. The predicted molar refractivity (Wildman–Crippen MR) is 91.0 cm³/mol. The van der Waals surface area contributed by atoms with E-state index in [0.717, 1.165) is 29.8 Å². The lowest BCUT2D eigenvalue weighted by molar-refractivity contribution is -0.137. The molecule has 0 saturated carbocycles. The number of anilines is 1. The summed E-state index contributed by atoms with van der Waals surface area (Å²) in [4.78, 5) is 11.6. The van der Waals surface area contributed by atoms with Gasteiger partial charge in [0.1, 0.15) is 17.3 Å². The Kier molecular flexibility index (Phi) is 5.92. The zero-order valence-corrected chi connectivity index (χ0v) is 14.5. The number of halogens is 5. The monoisotopic (exact) mass is 387 g/mol. The van der Waals surface area contributed by atoms with Crippen molar-refractivity contribution < 1.29 is 27.1 Å². The third-order valence-electron chi connectivity index (χ3n) is 3.10. The molecule has 0 aromatic heterocycles. The maximum Gasteiger partial charge on any atom is 0.416 e. The second kappa shape index (κ2) is 7.78. The largest absolute Gasteiger partial charge is 0.456 e. The second-order valence-corrected chi connectivity index (χ2v) is 6.00. The molecule has 1 amide bonds. The van der Waals surface area contributed by atoms with Crippen molar-refractivity contribution in [3.63, 3.8) is 0 Å². The third-order valence-corrected chi connectivity index (χ3v) is 3.42. The molecule has 26 heavy (non-hydrogen) atoms. The summed E-state index contributed by atoms with van der Waals surface area (Å²) in [5.41, 5.74) is -0.292. The molecule has 0 spiro atoms. The van der Waals surface area contributed by atoms with E-state index in [1.807, 2.05) is 0 Å². The van der Waals surface area contributed by atoms with Crippen LogP contribution in [0.1, 0.15) is 19.4 Å². The molecule has 0 saturated heterocycles. The summed E-state index contributed by atoms with van der Waals surface area (Å²) >= 11 is 5.83. The van der Waals surface area contributed by atoms with Gasteiger partial charge in [-0.05, 0) is 44.2 Å². The lowest BCUT2D eigenvalue weighted by atomic mass is 10.2. The van der Waals surface area contributed by atoms with Gasteiger partial charge in [0, 0.05) is 12.1 Å². The van der Waals surface area contributed by atoms with Crippen molar-refractivity contribution in [2.75, 3.05) is 5.32 Å². The quantitative estimate of drug-likeness (QED) is 0.501. The lowest BCUT2D eigenvalue weighted by Gasteiger charge is -2.12. The number of carbonyl (C=O) groups excluding carboxylic acids is 1. The molecule has 0 aliphatic carbocycles. The van der Waals surface area contributed by atoms with Gasteiger partial charge in [-0.2, -0.15) is 13.2 Å². The van der Waals surface area contributed by atoms with E-state index in [2.05, 4.69) is 5.32 Å². The molecule has 0 aliphatic rings. The number of ether oxygens (including phenoxy) is 1. The maximum absolute atomic E-state index is 14.1. The van der Waals surface area contributed by atoms with Gasteiger partial charge in [0.25, 0.3) is 0 Å². The molecule has 2 aromatic carbocycles. The lowest BCUT2D eigenvalue weighted by Crippen LogP contribution is -2.09. The zero-order valence-electron chi connectivity index (χ0n) is 13.7. The Morgan fingerprint density at radius 1 is 1.15 bits per heavy atom. The number of alkyl halides is 3. The zero-order chi connectivity index (χ0) is 19.5. The van der Waals surface area contributed by atoms with E-state index in [1.165, 1.54) is 18.2 Å². The summed E-state index contributed by atoms with van der Waals surface area (Å²) in [6.45, 7) is 3.43. The van der Waals surface area contributed by atoms with Crippen molar-refractivity contribution in [1.29, 1.82) is 0 Å². The number of amides is 1. The molecule has 2 rings (SSSR count). The van der Waals surface area contributed by atoms with E-state index in [0.29, 0.717) is 0 Å². The number of nitrogens with one attached hydrogen (secondary N) is 1. The molecule has 1 N–H and O–H groups in total. The minimum atomic E-state index is -4.56. The van der Waals surface area contributed by atoms with Gasteiger partial charge in [-0.15, -0.1) is 0 Å². The van der Waals surface area contributed by atoms with Gasteiger partial charge in [0.05, 0.1) is 16.3 Å². The Morgan fingerprint density at radius 3 is 2.42 bits per heavy atom. The van der Waals surface area contributed by atoms with Gasteiger partial charge >= 0.3 is 6.18 Å². The third kappa shape index (κ3) is 5.23. The number of benzene rings is 2. The topological polar surface area (TPSA) is 38.3 Å². The first-order valence-corrected chi connectivity index (χ1v) is 7.74. The number of carbonyl (C=O) groups is 1. The van der Waals surface area contributed by atoms with E-state index >= 15 is 0 Å². The average Bonchev–Trinajstić information content (AvgIpc) is 2.50. The molecule has 0 bridgehead atoms. The van der Waals surface area contributed by atoms with Gasteiger partial charge in [-0.1, -0.05) is 17.2 Å². The molecular formula is C18H14ClF4NO2. The van der Waals surface area contributed by atoms with E-state index in [-0.39, 0.29) is 22.2 Å². The van der Waals surface area contributed by atoms with Crippen LogP contribution in [0.15, 0.2) is 48.0 Å². The Bertz CT molecular complexity index is 859. The van der Waals surface area contributed by atoms with Crippen LogP contribution in [0.25, 0.3) is 0 Å². The minimum absolute atomic E-state index is 0.0562. The van der Waals surface area contributed by atoms with Gasteiger partial charge in [-0.25, -0.2) is 4.39 Å². The van der Waals surface area contributed by atoms with Crippen LogP contribution in [0.3, 0.4) is 0 Å². The first kappa shape index (κ1) is 19.8. The van der Waals surface area contributed by atoms with E-state index in [1.54, 1.807) is 13.8 Å². The molecule has 0 aliphatic heterocycles. The van der Waals surface area contributed by atoms with Crippen molar-refractivity contribution >= 4 is 23.2 Å². The fourth-order valence-electron chi connectivity index (χ4n) is 1.98. The molecule has 2 aromatic rings. The molecule has 0 radical (unpaired) electrons. The number of allylic oxidation sites excluding steroid dienone is 1. The molecule has 0 heterocycles. The Balaban J connectivity index is 2.23. The first-order valence-electron chi connectivity index (χ1n) is 7.36. The highest BCUT2D eigenvalue weighted by Crippen LogP contribution is 2.37. The van der Waals surface area contributed by atoms with E-state index in [9.17, 15) is 22.4 Å². The highest BCUT2D eigenvalue weighted by atomic mass is 35.5. The minimum Gasteiger partial charge on any atom is -0.456 e. The van der Waals surface area contributed by atoms with Crippen LogP contribution in [-0.2, 0) is 11.0 Å². The molecule has 0 unspecified atom stereocenters. The molecule has 3 nitrogen and oxygen atoms in total. The van der Waals surface area contributed by atoms with Gasteiger partial charge in [-0.3, -0.25) is 4.79 Å². The number of hydrogen-bond donors (Lipinski definition) is 1. The van der Waals surface area contributed by atoms with Gasteiger partial charge < -0.3 is 10.1 Å². The van der Waals surface area contributed by atoms with Crippen molar-refractivity contribution in [2.24, 2.45) is 0 Å². The Hall–Kier alpha value is -2.54. The summed E-state index contributed by atoms with van der Waals surface area (Å²) in [7, 11) is 0. The normalized spacial score (nSPS) is 11.0. The van der Waals surface area contributed by atoms with Crippen LogP contribution in [0.4, 0.5) is 23.2 Å². The van der Waals surface area contributed by atoms with Crippen LogP contribution in [0, 0.1) is 5.82 Å². The fraction of sp³-hybridized carbons (Fsp3) is 0.167. The highest BCUT2D eigenvalue weighted by molar-refractivity contribution is 6.32. The maximum atomic E-state index is 14.1. The summed E-state index contributed by atoms with van der Waals surface area (Å²) < 4.78 is 57.6. The SMILES string of the molecule is CC(C)=CC(=O)Nc1ccc(Oc2cc(C(F)(F)F)ccc2Cl)cc1F. The molecule has 0 fully saturated rings. The predicted octanol–water partition coefficient (Wildman–Crippen LogP) is 6.19. The van der Waals surface area contributed by atoms with Gasteiger partial charge in [0.15, 0.2) is 0 Å². The van der Waals surface area contributed by atoms with Crippen molar-refractivity contribution in [1.82, 2.24) is 0 Å². The van der Waals surface area contributed by atoms with Crippen LogP contribution in [0.2, 0.25) is 5.02 Å². The van der Waals surface area contributed by atoms with Crippen LogP contribution in [-0.4, -0.2) is 5.91 Å². The summed E-state index contributed by atoms with van der Waals surface area (Å²) in [5.74, 6) is -1.63. The fourth-order valence-corrected chi connectivity index (χ4v) is 2.13. The summed E-state index contributed by atoms with van der Waals surface area (Å²) in [6.07, 6.45) is -3.26. The molecule has 138 valence electrons. The van der Waals surface area contributed by atoms with Gasteiger partial charge in [0.2, 0.25) is 5.91 Å². The second-order valence-electron chi connectivity index (χ2n) is 5.60. The van der Waals surface area contributed by atoms with Crippen molar-refractivity contribution in [3.05, 3.63) is 64.5 Å². The van der Waals surface area contributed by atoms with Crippen molar-refractivity contribution in [2.45, 2.75) is 20.0 Å². The van der Waals surface area contributed by atoms with Crippen LogP contribution < -0.4 is 10.1 Å². The van der Waals surface area contributed by atoms with Crippen molar-refractivity contribution in [3.8, 4) is 11.5 Å². The number of hydrogen-bond acceptors (Lipinski definition) is 2.